The first-order valence-electron chi connectivity index (χ1n) is 23.7. The van der Waals surface area contributed by atoms with E-state index in [0.717, 1.165) is 51.4 Å². The lowest BCUT2D eigenvalue weighted by Gasteiger charge is -2.33. The molecule has 0 radical (unpaired) electrons. The highest BCUT2D eigenvalue weighted by molar-refractivity contribution is 6.44. The first kappa shape index (κ1) is 47.8. The van der Waals surface area contributed by atoms with Crippen LogP contribution < -0.4 is 9.47 Å². The van der Waals surface area contributed by atoms with Gasteiger partial charge in [0.25, 0.3) is 23.6 Å². The van der Waals surface area contributed by atoms with Crippen LogP contribution in [0, 0.1) is 11.8 Å². The van der Waals surface area contributed by atoms with Crippen LogP contribution in [0.5, 0.6) is 11.5 Å². The molecule has 0 fully saturated rings. The van der Waals surface area contributed by atoms with Gasteiger partial charge in [0.05, 0.1) is 0 Å². The fraction of sp³-hybridized carbons (Fsp3) is 0.286. The summed E-state index contributed by atoms with van der Waals surface area (Å²) in [6, 6.07) is 17.6. The van der Waals surface area contributed by atoms with Crippen molar-refractivity contribution in [1.82, 2.24) is 9.80 Å². The van der Waals surface area contributed by atoms with E-state index in [1.165, 1.54) is 58.3 Å². The minimum Gasteiger partial charge on any atom is -0.428 e. The van der Waals surface area contributed by atoms with Crippen molar-refractivity contribution in [3.8, 4) is 33.8 Å². The standard InChI is InChI=1S/C56H48F6N2O6/c1-5-9-11-29(7-3)27-63-53(65)37-23-21-35-44-40(32-15-19-34(20-16-32)70-52(62)50(59)60)26-42-46-38(54(66)64(56(42)68)28-30(8-4)12-10-6-2)24-22-36(48(44)46)43-39(25-41(55(63)67)45(37)47(35)43)31-13-17-33(18-14-31)69-51(61)49(57)58/h13-26,29-30H,5-12,27-28H2,1-4H3. The Morgan fingerprint density at radius 3 is 1.13 bits per heavy atom. The van der Waals surface area contributed by atoms with Crippen molar-refractivity contribution < 1.29 is 55.0 Å². The number of fused-ring (bicyclic) bond motifs is 2. The minimum atomic E-state index is -2.63. The van der Waals surface area contributed by atoms with E-state index < -0.39 is 47.8 Å². The van der Waals surface area contributed by atoms with Gasteiger partial charge in [-0.15, -0.1) is 0 Å². The third kappa shape index (κ3) is 8.20. The largest absolute Gasteiger partial charge is 0.428 e. The van der Waals surface area contributed by atoms with Gasteiger partial charge >= 0.3 is 24.2 Å². The number of rotatable bonds is 18. The summed E-state index contributed by atoms with van der Waals surface area (Å²) in [6.45, 7) is 8.57. The van der Waals surface area contributed by atoms with Crippen LogP contribution in [0.3, 0.4) is 0 Å². The highest BCUT2D eigenvalue weighted by Crippen LogP contribution is 2.52. The quantitative estimate of drug-likeness (QED) is 0.0280. The van der Waals surface area contributed by atoms with Crippen LogP contribution in [0.1, 0.15) is 120 Å². The molecule has 0 aliphatic carbocycles. The predicted octanol–water partition coefficient (Wildman–Crippen LogP) is 15.5. The van der Waals surface area contributed by atoms with Gasteiger partial charge in [0.2, 0.25) is 0 Å². The highest BCUT2D eigenvalue weighted by atomic mass is 19.3. The lowest BCUT2D eigenvalue weighted by molar-refractivity contribution is 0.0565. The summed E-state index contributed by atoms with van der Waals surface area (Å²) >= 11 is 0. The van der Waals surface area contributed by atoms with Crippen molar-refractivity contribution >= 4 is 66.7 Å². The Labute approximate surface area is 399 Å². The number of amides is 4. The average Bonchev–Trinajstić information content (AvgIpc) is 3.36. The average molecular weight is 959 g/mol. The maximum atomic E-state index is 15.0. The monoisotopic (exact) mass is 958 g/mol. The molecule has 0 aromatic heterocycles. The van der Waals surface area contributed by atoms with Gasteiger partial charge in [-0.05, 0) is 128 Å². The second-order valence-electron chi connectivity index (χ2n) is 18.1. The molecule has 2 aliphatic rings. The molecule has 14 heteroatoms. The number of unbranched alkanes of at least 4 members (excludes halogenated alkanes) is 2. The third-order valence-corrected chi connectivity index (χ3v) is 14.0. The van der Waals surface area contributed by atoms with Crippen molar-refractivity contribution in [2.75, 3.05) is 13.1 Å². The molecule has 7 aromatic carbocycles. The number of hydrogen-bond donors (Lipinski definition) is 0. The zero-order chi connectivity index (χ0) is 49.7. The van der Waals surface area contributed by atoms with Crippen LogP contribution in [-0.4, -0.2) is 46.5 Å². The van der Waals surface area contributed by atoms with Gasteiger partial charge in [0.1, 0.15) is 11.5 Å². The molecule has 2 atom stereocenters. The molecule has 9 rings (SSSR count). The molecule has 0 spiro atoms. The molecule has 2 aliphatic heterocycles. The van der Waals surface area contributed by atoms with Crippen molar-refractivity contribution in [3.05, 3.63) is 131 Å². The van der Waals surface area contributed by atoms with E-state index >= 15 is 0 Å². The Morgan fingerprint density at radius 1 is 0.443 bits per heavy atom. The number of benzene rings is 7. The molecule has 360 valence electrons. The van der Waals surface area contributed by atoms with Gasteiger partial charge in [-0.2, -0.15) is 26.3 Å². The van der Waals surface area contributed by atoms with Gasteiger partial charge in [0, 0.05) is 46.1 Å². The maximum Gasteiger partial charge on any atom is 0.344 e. The molecule has 7 aromatic rings. The summed E-state index contributed by atoms with van der Waals surface area (Å²) in [6.07, 6.45) is 1.54. The summed E-state index contributed by atoms with van der Waals surface area (Å²) in [4.78, 5) is 61.9. The Balaban J connectivity index is 1.38. The second-order valence-corrected chi connectivity index (χ2v) is 18.1. The summed E-state index contributed by atoms with van der Waals surface area (Å²) in [7, 11) is 0. The zero-order valence-electron chi connectivity index (χ0n) is 38.9. The molecule has 0 saturated heterocycles. The highest BCUT2D eigenvalue weighted by Gasteiger charge is 2.39. The summed E-state index contributed by atoms with van der Waals surface area (Å²) < 4.78 is 89.8. The number of carbonyl (C=O) groups is 4. The SMILES string of the molecule is CCCCC(CC)CN1C(=O)c2ccc3c4c(-c5ccc(OC(F)=C(F)F)cc5)cc5c6c(ccc(c7c(-c8ccc(OC(F)=C(F)F)cc8)cc(c2c37)C1=O)c64)C(=O)N(CC(CC)CCCC)C5=O. The van der Waals surface area contributed by atoms with Crippen LogP contribution in [0.25, 0.3) is 65.3 Å². The smallest absolute Gasteiger partial charge is 0.344 e. The van der Waals surface area contributed by atoms with Crippen LogP contribution in [0.4, 0.5) is 26.3 Å². The number of ether oxygens (including phenoxy) is 2. The van der Waals surface area contributed by atoms with E-state index in [1.54, 1.807) is 36.4 Å². The molecule has 0 bridgehead atoms. The first-order valence-corrected chi connectivity index (χ1v) is 23.7. The number of hydrogen-bond acceptors (Lipinski definition) is 6. The van der Waals surface area contributed by atoms with E-state index in [9.17, 15) is 45.5 Å². The third-order valence-electron chi connectivity index (χ3n) is 14.0. The molecule has 2 unspecified atom stereocenters. The summed E-state index contributed by atoms with van der Waals surface area (Å²) in [5.74, 6) is -2.32. The lowest BCUT2D eigenvalue weighted by Crippen LogP contribution is -2.43. The molecular weight excluding hydrogens is 911 g/mol. The van der Waals surface area contributed by atoms with Crippen molar-refractivity contribution in [2.24, 2.45) is 11.8 Å². The van der Waals surface area contributed by atoms with Crippen LogP contribution in [0.2, 0.25) is 0 Å². The van der Waals surface area contributed by atoms with Gasteiger partial charge in [-0.25, -0.2) is 0 Å². The predicted molar refractivity (Wildman–Crippen MR) is 258 cm³/mol. The fourth-order valence-electron chi connectivity index (χ4n) is 10.4. The van der Waals surface area contributed by atoms with E-state index in [1.807, 2.05) is 13.8 Å². The van der Waals surface area contributed by atoms with Crippen LogP contribution >= 0.6 is 0 Å². The number of imide groups is 2. The molecule has 2 heterocycles. The van der Waals surface area contributed by atoms with E-state index in [0.29, 0.717) is 65.3 Å². The Morgan fingerprint density at radius 2 is 0.800 bits per heavy atom. The molecule has 8 nitrogen and oxygen atoms in total. The van der Waals surface area contributed by atoms with Crippen molar-refractivity contribution in [1.29, 1.82) is 0 Å². The molecule has 4 amide bonds. The van der Waals surface area contributed by atoms with Gasteiger partial charge in [-0.3, -0.25) is 29.0 Å². The number of halogens is 6. The maximum absolute atomic E-state index is 15.0. The zero-order valence-corrected chi connectivity index (χ0v) is 38.9. The van der Waals surface area contributed by atoms with Crippen molar-refractivity contribution in [2.45, 2.75) is 79.1 Å². The van der Waals surface area contributed by atoms with Gasteiger partial charge < -0.3 is 9.47 Å². The van der Waals surface area contributed by atoms with Crippen LogP contribution in [0.15, 0.2) is 109 Å². The molecule has 0 N–H and O–H groups in total. The second kappa shape index (κ2) is 19.3. The Bertz CT molecular complexity index is 3100. The lowest BCUT2D eigenvalue weighted by atomic mass is 9.77. The minimum absolute atomic E-state index is 0.0396. The Hall–Kier alpha value is -7.22. The van der Waals surface area contributed by atoms with Gasteiger partial charge in [0.15, 0.2) is 0 Å². The van der Waals surface area contributed by atoms with E-state index in [2.05, 4.69) is 13.8 Å². The fourth-order valence-corrected chi connectivity index (χ4v) is 10.4. The molecule has 70 heavy (non-hydrogen) atoms. The van der Waals surface area contributed by atoms with E-state index in [4.69, 9.17) is 9.47 Å². The summed E-state index contributed by atoms with van der Waals surface area (Å²) in [5.41, 5.74) is 2.91. The Kier molecular flexibility index (Phi) is 13.2. The first-order chi connectivity index (χ1) is 33.7. The number of carbonyl (C=O) groups excluding carboxylic acids is 4. The summed E-state index contributed by atoms with van der Waals surface area (Å²) in [5, 5.41) is 3.96. The van der Waals surface area contributed by atoms with Crippen molar-refractivity contribution in [3.63, 3.8) is 0 Å². The van der Waals surface area contributed by atoms with Gasteiger partial charge in [-0.1, -0.05) is 103 Å². The number of nitrogens with zero attached hydrogens (tertiary/aromatic N) is 2. The normalized spacial score (nSPS) is 14.4. The molecule has 0 saturated carbocycles. The molecular formula is C56H48F6N2O6. The van der Waals surface area contributed by atoms with E-state index in [-0.39, 0.29) is 58.7 Å². The topological polar surface area (TPSA) is 93.2 Å². The van der Waals surface area contributed by atoms with Crippen LogP contribution in [-0.2, 0) is 0 Å².